The largest absolute Gasteiger partial charge is 0.481 e. The number of amides is 1. The summed E-state index contributed by atoms with van der Waals surface area (Å²) in [6.07, 6.45) is 2.34. The predicted octanol–water partition coefficient (Wildman–Crippen LogP) is 1.51. The summed E-state index contributed by atoms with van der Waals surface area (Å²) < 4.78 is 5.10. The van der Waals surface area contributed by atoms with E-state index in [2.05, 4.69) is 0 Å². The number of carboxylic acid groups (broad SMARTS) is 1. The lowest BCUT2D eigenvalue weighted by atomic mass is 9.80. The van der Waals surface area contributed by atoms with Gasteiger partial charge in [-0.25, -0.2) is 0 Å². The lowest BCUT2D eigenvalue weighted by molar-refractivity contribution is -0.153. The van der Waals surface area contributed by atoms with E-state index in [4.69, 9.17) is 9.84 Å². The van der Waals surface area contributed by atoms with Crippen LogP contribution in [0.1, 0.15) is 39.5 Å². The van der Waals surface area contributed by atoms with Crippen LogP contribution in [0.3, 0.4) is 0 Å². The number of nitrogens with zero attached hydrogens (tertiary/aromatic N) is 1. The number of carbonyl (C=O) groups excluding carboxylic acids is 1. The second kappa shape index (κ2) is 6.18. The van der Waals surface area contributed by atoms with Crippen molar-refractivity contribution >= 4 is 11.9 Å². The zero-order valence-corrected chi connectivity index (χ0v) is 11.4. The van der Waals surface area contributed by atoms with Gasteiger partial charge in [-0.3, -0.25) is 9.59 Å². The molecule has 1 amide bonds. The molecule has 0 aliphatic carbocycles. The van der Waals surface area contributed by atoms with Gasteiger partial charge in [0.25, 0.3) is 0 Å². The number of methoxy groups -OCH3 is 1. The first-order valence-corrected chi connectivity index (χ1v) is 6.43. The molecule has 0 aromatic carbocycles. The van der Waals surface area contributed by atoms with Crippen molar-refractivity contribution in [1.29, 1.82) is 0 Å². The molecule has 0 radical (unpaired) electrons. The van der Waals surface area contributed by atoms with Crippen molar-refractivity contribution in [3.05, 3.63) is 0 Å². The topological polar surface area (TPSA) is 66.8 Å². The monoisotopic (exact) mass is 257 g/mol. The van der Waals surface area contributed by atoms with Crippen LogP contribution in [0.15, 0.2) is 0 Å². The number of carbonyl (C=O) groups is 2. The second-order valence-corrected chi connectivity index (χ2v) is 5.33. The van der Waals surface area contributed by atoms with Gasteiger partial charge in [-0.2, -0.15) is 0 Å². The standard InChI is InChI=1S/C13H23NO4/c1-10(18-3)4-5-11(15)14-8-6-13(2,7-9-14)12(16)17/h10H,4-9H2,1-3H3,(H,16,17). The molecule has 1 N–H and O–H groups in total. The molecule has 0 aromatic heterocycles. The minimum Gasteiger partial charge on any atom is -0.481 e. The maximum Gasteiger partial charge on any atom is 0.309 e. The third-order valence-corrected chi connectivity index (χ3v) is 3.90. The van der Waals surface area contributed by atoms with Gasteiger partial charge in [0.1, 0.15) is 0 Å². The van der Waals surface area contributed by atoms with E-state index in [1.54, 1.807) is 18.9 Å². The average molecular weight is 257 g/mol. The van der Waals surface area contributed by atoms with Crippen LogP contribution in [-0.4, -0.2) is 48.2 Å². The quantitative estimate of drug-likeness (QED) is 0.810. The summed E-state index contributed by atoms with van der Waals surface area (Å²) in [6.45, 7) is 4.78. The summed E-state index contributed by atoms with van der Waals surface area (Å²) in [5.41, 5.74) is -0.670. The smallest absolute Gasteiger partial charge is 0.309 e. The Balaban J connectivity index is 2.38. The molecule has 1 heterocycles. The first-order chi connectivity index (χ1) is 8.39. The first kappa shape index (κ1) is 15.0. The fraction of sp³-hybridized carbons (Fsp3) is 0.846. The van der Waals surface area contributed by atoms with Crippen LogP contribution in [0.4, 0.5) is 0 Å². The highest BCUT2D eigenvalue weighted by Crippen LogP contribution is 2.31. The summed E-state index contributed by atoms with van der Waals surface area (Å²) in [5, 5.41) is 9.11. The van der Waals surface area contributed by atoms with Crippen LogP contribution in [0.25, 0.3) is 0 Å². The van der Waals surface area contributed by atoms with Gasteiger partial charge in [-0.15, -0.1) is 0 Å². The Kier molecular flexibility index (Phi) is 5.14. The lowest BCUT2D eigenvalue weighted by Gasteiger charge is -2.36. The molecule has 1 unspecified atom stereocenters. The number of likely N-dealkylation sites (tertiary alicyclic amines) is 1. The van der Waals surface area contributed by atoms with Gasteiger partial charge in [0.15, 0.2) is 0 Å². The van der Waals surface area contributed by atoms with Gasteiger partial charge in [0.2, 0.25) is 5.91 Å². The molecule has 18 heavy (non-hydrogen) atoms. The Labute approximate surface area is 108 Å². The summed E-state index contributed by atoms with van der Waals surface area (Å²) in [5.74, 6) is -0.658. The van der Waals surface area contributed by atoms with Gasteiger partial charge < -0.3 is 14.7 Å². The van der Waals surface area contributed by atoms with Crippen molar-refractivity contribution < 1.29 is 19.4 Å². The fourth-order valence-corrected chi connectivity index (χ4v) is 2.07. The summed E-state index contributed by atoms with van der Waals surface area (Å²) in [6, 6.07) is 0. The van der Waals surface area contributed by atoms with Crippen LogP contribution in [0.2, 0.25) is 0 Å². The fourth-order valence-electron chi connectivity index (χ4n) is 2.07. The van der Waals surface area contributed by atoms with Crippen molar-refractivity contribution in [2.75, 3.05) is 20.2 Å². The van der Waals surface area contributed by atoms with Crippen LogP contribution in [0, 0.1) is 5.41 Å². The van der Waals surface area contributed by atoms with Gasteiger partial charge >= 0.3 is 5.97 Å². The van der Waals surface area contributed by atoms with E-state index in [-0.39, 0.29) is 12.0 Å². The molecule has 0 spiro atoms. The number of ether oxygens (including phenoxy) is 1. The molecule has 1 fully saturated rings. The van der Waals surface area contributed by atoms with E-state index in [0.29, 0.717) is 38.8 Å². The molecule has 1 saturated heterocycles. The summed E-state index contributed by atoms with van der Waals surface area (Å²) in [4.78, 5) is 24.8. The number of rotatable bonds is 5. The number of aliphatic carboxylic acids is 1. The highest BCUT2D eigenvalue weighted by molar-refractivity contribution is 5.78. The van der Waals surface area contributed by atoms with Crippen molar-refractivity contribution in [2.45, 2.75) is 45.6 Å². The van der Waals surface area contributed by atoms with Crippen molar-refractivity contribution in [3.8, 4) is 0 Å². The number of hydrogen-bond acceptors (Lipinski definition) is 3. The normalized spacial score (nSPS) is 20.5. The SMILES string of the molecule is COC(C)CCC(=O)N1CCC(C)(C(=O)O)CC1. The molecule has 0 aromatic rings. The first-order valence-electron chi connectivity index (χ1n) is 6.43. The maximum atomic E-state index is 11.9. The Hall–Kier alpha value is -1.10. The minimum absolute atomic E-state index is 0.0861. The molecule has 0 bridgehead atoms. The Morgan fingerprint density at radius 3 is 2.39 bits per heavy atom. The van der Waals surface area contributed by atoms with E-state index < -0.39 is 11.4 Å². The lowest BCUT2D eigenvalue weighted by Crippen LogP contribution is -2.45. The van der Waals surface area contributed by atoms with Crippen molar-refractivity contribution in [2.24, 2.45) is 5.41 Å². The molecule has 5 nitrogen and oxygen atoms in total. The average Bonchev–Trinajstić information content (AvgIpc) is 2.36. The number of piperidine rings is 1. The van der Waals surface area contributed by atoms with Crippen LogP contribution in [0.5, 0.6) is 0 Å². The van der Waals surface area contributed by atoms with Crippen LogP contribution in [-0.2, 0) is 14.3 Å². The summed E-state index contributed by atoms with van der Waals surface area (Å²) >= 11 is 0. The third kappa shape index (κ3) is 3.70. The van der Waals surface area contributed by atoms with Crippen molar-refractivity contribution in [1.82, 2.24) is 4.90 Å². The van der Waals surface area contributed by atoms with Gasteiger partial charge in [0, 0.05) is 26.6 Å². The Bertz CT molecular complexity index is 308. The van der Waals surface area contributed by atoms with Crippen LogP contribution < -0.4 is 0 Å². The molecule has 1 rings (SSSR count). The van der Waals surface area contributed by atoms with Gasteiger partial charge in [0.05, 0.1) is 11.5 Å². The van der Waals surface area contributed by atoms with Crippen LogP contribution >= 0.6 is 0 Å². The Morgan fingerprint density at radius 2 is 1.94 bits per heavy atom. The number of carboxylic acids is 1. The third-order valence-electron chi connectivity index (χ3n) is 3.90. The van der Waals surface area contributed by atoms with E-state index >= 15 is 0 Å². The van der Waals surface area contributed by atoms with E-state index in [1.165, 1.54) is 0 Å². The maximum absolute atomic E-state index is 11.9. The van der Waals surface area contributed by atoms with Gasteiger partial charge in [-0.05, 0) is 33.1 Å². The molecule has 1 aliphatic rings. The second-order valence-electron chi connectivity index (χ2n) is 5.33. The van der Waals surface area contributed by atoms with E-state index in [9.17, 15) is 9.59 Å². The summed E-state index contributed by atoms with van der Waals surface area (Å²) in [7, 11) is 1.63. The molecular weight excluding hydrogens is 234 g/mol. The Morgan fingerprint density at radius 1 is 1.39 bits per heavy atom. The molecule has 1 aliphatic heterocycles. The molecule has 5 heteroatoms. The molecule has 1 atom stereocenters. The van der Waals surface area contributed by atoms with Crippen molar-refractivity contribution in [3.63, 3.8) is 0 Å². The zero-order chi connectivity index (χ0) is 13.8. The predicted molar refractivity (Wildman–Crippen MR) is 67.3 cm³/mol. The number of hydrogen-bond donors (Lipinski definition) is 1. The van der Waals surface area contributed by atoms with E-state index in [0.717, 1.165) is 0 Å². The molecule has 0 saturated carbocycles. The zero-order valence-electron chi connectivity index (χ0n) is 11.4. The highest BCUT2D eigenvalue weighted by atomic mass is 16.5. The van der Waals surface area contributed by atoms with Gasteiger partial charge in [-0.1, -0.05) is 0 Å². The minimum atomic E-state index is -0.761. The van der Waals surface area contributed by atoms with E-state index in [1.807, 2.05) is 6.92 Å². The molecule has 104 valence electrons. The highest BCUT2D eigenvalue weighted by Gasteiger charge is 2.37. The molecular formula is C13H23NO4.